The molecule has 0 N–H and O–H groups in total. The Hall–Kier alpha value is -1.18. The SMILES string of the molecule is C=C[CH]C(=O)C1=CC=NCC1. The fraction of sp³-hybridized carbons (Fsp3) is 0.222. The van der Waals surface area contributed by atoms with Crippen LogP contribution in [0.5, 0.6) is 0 Å². The maximum atomic E-state index is 11.1. The molecule has 0 atom stereocenters. The van der Waals surface area contributed by atoms with Gasteiger partial charge in [0.15, 0.2) is 5.78 Å². The van der Waals surface area contributed by atoms with Gasteiger partial charge in [0.05, 0.1) is 6.42 Å². The predicted octanol–water partition coefficient (Wildman–Crippen LogP) is 1.35. The van der Waals surface area contributed by atoms with Crippen LogP contribution < -0.4 is 0 Å². The zero-order valence-corrected chi connectivity index (χ0v) is 6.29. The van der Waals surface area contributed by atoms with E-state index in [0.29, 0.717) is 0 Å². The summed E-state index contributed by atoms with van der Waals surface area (Å²) in [6, 6.07) is 0. The van der Waals surface area contributed by atoms with E-state index in [-0.39, 0.29) is 5.78 Å². The maximum absolute atomic E-state index is 11.1. The molecule has 0 saturated carbocycles. The summed E-state index contributed by atoms with van der Waals surface area (Å²) in [6.07, 6.45) is 7.17. The van der Waals surface area contributed by atoms with Crippen molar-refractivity contribution in [2.45, 2.75) is 6.42 Å². The van der Waals surface area contributed by atoms with Gasteiger partial charge in [-0.15, -0.1) is 6.58 Å². The highest BCUT2D eigenvalue weighted by Crippen LogP contribution is 2.07. The first-order valence-corrected chi connectivity index (χ1v) is 3.53. The summed E-state index contributed by atoms with van der Waals surface area (Å²) in [4.78, 5) is 15.1. The van der Waals surface area contributed by atoms with Crippen molar-refractivity contribution in [2.24, 2.45) is 4.99 Å². The van der Waals surface area contributed by atoms with Crippen LogP contribution in [0.1, 0.15) is 6.42 Å². The minimum atomic E-state index is 0.0474. The highest BCUT2D eigenvalue weighted by atomic mass is 16.1. The van der Waals surface area contributed by atoms with Crippen LogP contribution in [-0.4, -0.2) is 18.5 Å². The van der Waals surface area contributed by atoms with Gasteiger partial charge in [-0.05, 0) is 18.1 Å². The molecular weight excluding hydrogens is 138 g/mol. The van der Waals surface area contributed by atoms with Gasteiger partial charge in [-0.2, -0.15) is 0 Å². The average molecular weight is 148 g/mol. The summed E-state index contributed by atoms with van der Waals surface area (Å²) < 4.78 is 0. The van der Waals surface area contributed by atoms with E-state index >= 15 is 0 Å². The van der Waals surface area contributed by atoms with E-state index in [4.69, 9.17) is 0 Å². The number of carbonyl (C=O) groups is 1. The van der Waals surface area contributed by atoms with E-state index in [2.05, 4.69) is 11.6 Å². The van der Waals surface area contributed by atoms with Gasteiger partial charge in [0.1, 0.15) is 0 Å². The van der Waals surface area contributed by atoms with Gasteiger partial charge in [-0.1, -0.05) is 6.08 Å². The first-order chi connectivity index (χ1) is 5.34. The van der Waals surface area contributed by atoms with Crippen LogP contribution in [0.3, 0.4) is 0 Å². The van der Waals surface area contributed by atoms with Crippen LogP contribution in [0.4, 0.5) is 0 Å². The molecule has 0 aliphatic carbocycles. The van der Waals surface area contributed by atoms with Crippen molar-refractivity contribution < 1.29 is 4.79 Å². The third kappa shape index (κ3) is 2.15. The quantitative estimate of drug-likeness (QED) is 0.594. The Morgan fingerprint density at radius 3 is 3.09 bits per heavy atom. The molecule has 1 rings (SSSR count). The molecule has 0 aromatic carbocycles. The molecule has 1 aliphatic heterocycles. The number of hydrogen-bond acceptors (Lipinski definition) is 2. The van der Waals surface area contributed by atoms with E-state index in [1.165, 1.54) is 12.5 Å². The Labute approximate surface area is 66.3 Å². The third-order valence-corrected chi connectivity index (χ3v) is 1.48. The summed E-state index contributed by atoms with van der Waals surface area (Å²) in [7, 11) is 0. The van der Waals surface area contributed by atoms with E-state index in [9.17, 15) is 4.79 Å². The van der Waals surface area contributed by atoms with E-state index < -0.39 is 0 Å². The minimum absolute atomic E-state index is 0.0474. The average Bonchev–Trinajstić information content (AvgIpc) is 2.07. The van der Waals surface area contributed by atoms with Crippen molar-refractivity contribution in [2.75, 3.05) is 6.54 Å². The molecule has 0 aromatic rings. The summed E-state index contributed by atoms with van der Waals surface area (Å²) in [6.45, 7) is 4.18. The van der Waals surface area contributed by atoms with Gasteiger partial charge in [0.2, 0.25) is 0 Å². The van der Waals surface area contributed by atoms with E-state index in [1.807, 2.05) is 0 Å². The van der Waals surface area contributed by atoms with E-state index in [0.717, 1.165) is 18.5 Å². The van der Waals surface area contributed by atoms with Crippen LogP contribution in [-0.2, 0) is 4.79 Å². The fourth-order valence-electron chi connectivity index (χ4n) is 0.905. The summed E-state index contributed by atoms with van der Waals surface area (Å²) in [5.74, 6) is 0.0474. The molecule has 1 radical (unpaired) electrons. The fourth-order valence-corrected chi connectivity index (χ4v) is 0.905. The molecule has 0 fully saturated rings. The highest BCUT2D eigenvalue weighted by molar-refractivity contribution is 6.05. The summed E-state index contributed by atoms with van der Waals surface area (Å²) in [5.41, 5.74) is 0.819. The topological polar surface area (TPSA) is 29.4 Å². The molecule has 0 unspecified atom stereocenters. The number of ketones is 1. The van der Waals surface area contributed by atoms with Crippen molar-refractivity contribution in [3.8, 4) is 0 Å². The van der Waals surface area contributed by atoms with Gasteiger partial charge in [0.25, 0.3) is 0 Å². The molecule has 0 aromatic heterocycles. The number of hydrogen-bond donors (Lipinski definition) is 0. The lowest BCUT2D eigenvalue weighted by molar-refractivity contribution is -0.112. The normalized spacial score (nSPS) is 15.8. The first-order valence-electron chi connectivity index (χ1n) is 3.53. The lowest BCUT2D eigenvalue weighted by Gasteiger charge is -2.04. The van der Waals surface area contributed by atoms with E-state index in [1.54, 1.807) is 12.3 Å². The number of nitrogens with zero attached hydrogens (tertiary/aromatic N) is 1. The Balaban J connectivity index is 2.58. The molecule has 2 nitrogen and oxygen atoms in total. The Morgan fingerprint density at radius 1 is 1.73 bits per heavy atom. The van der Waals surface area contributed by atoms with Crippen LogP contribution in [0.25, 0.3) is 0 Å². The molecule has 57 valence electrons. The van der Waals surface area contributed by atoms with Crippen LogP contribution in [0.15, 0.2) is 29.3 Å². The van der Waals surface area contributed by atoms with Gasteiger partial charge < -0.3 is 0 Å². The third-order valence-electron chi connectivity index (χ3n) is 1.48. The lowest BCUT2D eigenvalue weighted by atomic mass is 10.0. The highest BCUT2D eigenvalue weighted by Gasteiger charge is 2.08. The zero-order valence-electron chi connectivity index (χ0n) is 6.29. The monoisotopic (exact) mass is 148 g/mol. The van der Waals surface area contributed by atoms with Crippen molar-refractivity contribution in [3.63, 3.8) is 0 Å². The number of aliphatic imine (C=N–C) groups is 1. The van der Waals surface area contributed by atoms with Crippen LogP contribution >= 0.6 is 0 Å². The van der Waals surface area contributed by atoms with Gasteiger partial charge in [-0.3, -0.25) is 9.79 Å². The second-order valence-electron chi connectivity index (χ2n) is 2.26. The molecule has 1 heterocycles. The molecule has 0 bridgehead atoms. The van der Waals surface area contributed by atoms with Crippen molar-refractivity contribution >= 4 is 12.0 Å². The summed E-state index contributed by atoms with van der Waals surface area (Å²) in [5, 5.41) is 0. The Kier molecular flexibility index (Phi) is 2.78. The summed E-state index contributed by atoms with van der Waals surface area (Å²) >= 11 is 0. The van der Waals surface area contributed by atoms with Crippen molar-refractivity contribution in [1.82, 2.24) is 0 Å². The molecule has 0 amide bonds. The largest absolute Gasteiger partial charge is 0.294 e. The second-order valence-corrected chi connectivity index (χ2v) is 2.26. The number of Topliss-reactive ketones (excluding diaryl/α,β-unsaturated/α-hetero) is 1. The molecule has 0 saturated heterocycles. The van der Waals surface area contributed by atoms with Gasteiger partial charge in [-0.25, -0.2) is 0 Å². The molecule has 2 heteroatoms. The van der Waals surface area contributed by atoms with Crippen LogP contribution in [0.2, 0.25) is 0 Å². The van der Waals surface area contributed by atoms with Crippen LogP contribution in [0, 0.1) is 6.42 Å². The van der Waals surface area contributed by atoms with Crippen molar-refractivity contribution in [1.29, 1.82) is 0 Å². The molecule has 0 spiro atoms. The standard InChI is InChI=1S/C9H10NO/c1-2-3-9(11)8-4-6-10-7-5-8/h2-4,6H,1,5,7H2. The Morgan fingerprint density at radius 2 is 2.55 bits per heavy atom. The Bertz CT molecular complexity index is 226. The minimum Gasteiger partial charge on any atom is -0.294 e. The predicted molar refractivity (Wildman–Crippen MR) is 45.6 cm³/mol. The smallest absolute Gasteiger partial charge is 0.166 e. The number of carbonyl (C=O) groups excluding carboxylic acids is 1. The molecule has 11 heavy (non-hydrogen) atoms. The van der Waals surface area contributed by atoms with Crippen molar-refractivity contribution in [3.05, 3.63) is 30.7 Å². The number of rotatable bonds is 3. The number of dihydropyridines is 1. The molecule has 1 aliphatic rings. The van der Waals surface area contributed by atoms with Gasteiger partial charge in [0, 0.05) is 12.8 Å². The van der Waals surface area contributed by atoms with Gasteiger partial charge >= 0.3 is 0 Å². The lowest BCUT2D eigenvalue weighted by Crippen LogP contribution is -2.06. The molecular formula is C9H10NO. The first kappa shape index (κ1) is 7.92. The zero-order chi connectivity index (χ0) is 8.10. The number of allylic oxidation sites excluding steroid dienone is 2. The maximum Gasteiger partial charge on any atom is 0.166 e. The second kappa shape index (κ2) is 3.86.